The first-order valence-corrected chi connectivity index (χ1v) is 21.3. The molecule has 60 heavy (non-hydrogen) atoms. The Kier molecular flexibility index (Phi) is 18.2. The van der Waals surface area contributed by atoms with Crippen LogP contribution in [0.15, 0.2) is 35.9 Å². The van der Waals surface area contributed by atoms with Crippen LogP contribution in [0.5, 0.6) is 5.75 Å². The van der Waals surface area contributed by atoms with Crippen LogP contribution < -0.4 is 15.4 Å². The zero-order valence-corrected chi connectivity index (χ0v) is 37.8. The smallest absolute Gasteiger partial charge is 0.329 e. The minimum absolute atomic E-state index is 0.0490. The van der Waals surface area contributed by atoms with Crippen LogP contribution in [-0.4, -0.2) is 137 Å². The van der Waals surface area contributed by atoms with Gasteiger partial charge in [-0.2, -0.15) is 0 Å². The lowest BCUT2D eigenvalue weighted by Crippen LogP contribution is -2.59. The van der Waals surface area contributed by atoms with Crippen LogP contribution in [0.4, 0.5) is 0 Å². The van der Waals surface area contributed by atoms with E-state index in [2.05, 4.69) is 10.6 Å². The second-order valence-corrected chi connectivity index (χ2v) is 18.0. The van der Waals surface area contributed by atoms with E-state index in [1.807, 2.05) is 41.5 Å². The summed E-state index contributed by atoms with van der Waals surface area (Å²) in [6.45, 7) is 16.0. The van der Waals surface area contributed by atoms with Crippen molar-refractivity contribution in [2.75, 3.05) is 34.4 Å². The number of aliphatic hydroxyl groups excluding tert-OH is 2. The number of hydrogen-bond acceptors (Lipinski definition) is 10. The molecule has 15 nitrogen and oxygen atoms in total. The number of likely N-dealkylation sites (N-methyl/N-ethyl adjacent to an activating group) is 2. The van der Waals surface area contributed by atoms with Crippen molar-refractivity contribution >= 4 is 35.5 Å². The first-order valence-electron chi connectivity index (χ1n) is 21.3. The number of amides is 5. The monoisotopic (exact) mass is 842 g/mol. The van der Waals surface area contributed by atoms with Gasteiger partial charge in [-0.1, -0.05) is 73.1 Å². The predicted octanol–water partition coefficient (Wildman–Crippen LogP) is 3.24. The van der Waals surface area contributed by atoms with Crippen LogP contribution in [0.1, 0.15) is 100.0 Å². The zero-order chi connectivity index (χ0) is 45.2. The van der Waals surface area contributed by atoms with Crippen molar-refractivity contribution in [3.8, 4) is 5.75 Å². The summed E-state index contributed by atoms with van der Waals surface area (Å²) in [7, 11) is 4.53. The summed E-state index contributed by atoms with van der Waals surface area (Å²) in [6.07, 6.45) is 1.88. The van der Waals surface area contributed by atoms with E-state index < -0.39 is 90.0 Å². The number of carbonyl (C=O) groups excluding carboxylic acids is 6. The van der Waals surface area contributed by atoms with Gasteiger partial charge in [0.15, 0.2) is 0 Å². The molecule has 15 heteroatoms. The maximum atomic E-state index is 14.6. The highest BCUT2D eigenvalue weighted by atomic mass is 16.5. The molecule has 3 rings (SSSR count). The van der Waals surface area contributed by atoms with Crippen molar-refractivity contribution in [2.24, 2.45) is 23.2 Å². The number of nitrogens with zero attached hydrogens (tertiary/aromatic N) is 3. The minimum Gasteiger partial charge on any atom is -0.497 e. The highest BCUT2D eigenvalue weighted by Crippen LogP contribution is 2.32. The van der Waals surface area contributed by atoms with Crippen molar-refractivity contribution in [3.05, 3.63) is 41.5 Å². The van der Waals surface area contributed by atoms with Crippen molar-refractivity contribution in [3.63, 3.8) is 0 Å². The number of hydrogen-bond donors (Lipinski definition) is 4. The van der Waals surface area contributed by atoms with Crippen molar-refractivity contribution in [2.45, 2.75) is 143 Å². The molecule has 336 valence electrons. The molecule has 2 aliphatic rings. The standard InChI is InChI=1S/C45H71N5O10/c1-13-27(3)38-43(57)50-20-14-15-35(50)44(58)60-37(45(7,8)9)22-26(2)21-36(52)29(5)40(54)46-32(25-51)23-28(4)39(53)47-34(24-31-16-18-33(59-12)19-17-31)42(56)48(10)30(6)41(55)49(38)11/h16-19,23,26-27,29-30,32,34-38,51-52H,13-15,20-22,24-25H2,1-12H3,(H,46,54)(H,47,53)/b28-23+/t26-,27-,29-,30-,32-,34-,35-,36-,37-,38-/m0/s1. The summed E-state index contributed by atoms with van der Waals surface area (Å²) in [5.41, 5.74) is 0.305. The third kappa shape index (κ3) is 12.8. The Balaban J connectivity index is 2.10. The SMILES string of the molecule is CC[C@H](C)[C@H]1C(=O)N2CCC[C@H]2C(=O)O[C@H](C(C)(C)C)C[C@@H](C)C[C@H](O)[C@H](C)C(=O)N[C@H](CO)/C=C(\C)C(=O)N[C@@H](Cc2ccc(OC)cc2)C(=O)N(C)[C@@H](C)C(=O)N1C. The highest BCUT2D eigenvalue weighted by Gasteiger charge is 2.44. The summed E-state index contributed by atoms with van der Waals surface area (Å²) >= 11 is 0. The molecule has 0 spiro atoms. The maximum Gasteiger partial charge on any atom is 0.329 e. The molecule has 4 N–H and O–H groups in total. The Bertz CT molecular complexity index is 1690. The van der Waals surface area contributed by atoms with E-state index in [1.54, 1.807) is 38.1 Å². The van der Waals surface area contributed by atoms with Crippen molar-refractivity contribution < 1.29 is 48.5 Å². The van der Waals surface area contributed by atoms with Crippen LogP contribution >= 0.6 is 0 Å². The summed E-state index contributed by atoms with van der Waals surface area (Å²) in [5.74, 6) is -3.96. The van der Waals surface area contributed by atoms with Crippen LogP contribution in [0, 0.1) is 23.2 Å². The molecular formula is C45H71N5O10. The fraction of sp³-hybridized carbons (Fsp3) is 0.689. The molecule has 10 atom stereocenters. The Morgan fingerprint density at radius 3 is 2.13 bits per heavy atom. The summed E-state index contributed by atoms with van der Waals surface area (Å²) in [6, 6.07) is 1.96. The number of nitrogens with one attached hydrogen (secondary N) is 2. The number of carbonyl (C=O) groups is 6. The van der Waals surface area contributed by atoms with Gasteiger partial charge < -0.3 is 45.0 Å². The van der Waals surface area contributed by atoms with Gasteiger partial charge in [0.1, 0.15) is 36.0 Å². The largest absolute Gasteiger partial charge is 0.497 e. The van der Waals surface area contributed by atoms with E-state index in [0.717, 1.165) is 0 Å². The van der Waals surface area contributed by atoms with Gasteiger partial charge in [0, 0.05) is 32.6 Å². The van der Waals surface area contributed by atoms with E-state index in [9.17, 15) is 39.0 Å². The normalized spacial score (nSPS) is 30.6. The molecule has 1 aromatic carbocycles. The molecule has 5 amide bonds. The Labute approximate surface area is 356 Å². The van der Waals surface area contributed by atoms with Gasteiger partial charge in [0.25, 0.3) is 0 Å². The third-order valence-electron chi connectivity index (χ3n) is 12.3. The fourth-order valence-corrected chi connectivity index (χ4v) is 7.84. The maximum absolute atomic E-state index is 14.6. The number of ether oxygens (including phenoxy) is 2. The second kappa shape index (κ2) is 21.8. The number of fused-ring (bicyclic) bond motifs is 1. The second-order valence-electron chi connectivity index (χ2n) is 18.0. The molecule has 2 aliphatic heterocycles. The Morgan fingerprint density at radius 2 is 1.57 bits per heavy atom. The van der Waals surface area contributed by atoms with Crippen molar-refractivity contribution in [1.29, 1.82) is 0 Å². The number of esters is 1. The van der Waals surface area contributed by atoms with Gasteiger partial charge >= 0.3 is 5.97 Å². The lowest BCUT2D eigenvalue weighted by atomic mass is 9.81. The molecule has 0 unspecified atom stereocenters. The minimum atomic E-state index is -1.16. The number of rotatable bonds is 6. The average molecular weight is 842 g/mol. The van der Waals surface area contributed by atoms with Gasteiger partial charge in [-0.3, -0.25) is 24.0 Å². The lowest BCUT2D eigenvalue weighted by Gasteiger charge is -2.39. The van der Waals surface area contributed by atoms with E-state index in [0.29, 0.717) is 43.5 Å². The average Bonchev–Trinajstić information content (AvgIpc) is 3.71. The van der Waals surface area contributed by atoms with Crippen LogP contribution in [-0.2, 0) is 39.9 Å². The molecule has 0 aromatic heterocycles. The molecule has 0 radical (unpaired) electrons. The molecule has 0 saturated carbocycles. The van der Waals surface area contributed by atoms with Gasteiger partial charge in [0.05, 0.1) is 31.8 Å². The van der Waals surface area contributed by atoms with E-state index >= 15 is 0 Å². The van der Waals surface area contributed by atoms with Gasteiger partial charge in [-0.25, -0.2) is 4.79 Å². The molecule has 1 aromatic rings. The quantitative estimate of drug-likeness (QED) is 0.309. The number of methoxy groups -OCH3 is 1. The molecule has 1 fully saturated rings. The summed E-state index contributed by atoms with van der Waals surface area (Å²) < 4.78 is 11.5. The summed E-state index contributed by atoms with van der Waals surface area (Å²) in [5, 5.41) is 26.9. The number of benzene rings is 1. The lowest BCUT2D eigenvalue weighted by molar-refractivity contribution is -0.166. The van der Waals surface area contributed by atoms with E-state index in [1.165, 1.54) is 48.9 Å². The third-order valence-corrected chi connectivity index (χ3v) is 12.3. The molecule has 1 saturated heterocycles. The first-order chi connectivity index (χ1) is 28.0. The number of aliphatic hydroxyl groups is 2. The zero-order valence-electron chi connectivity index (χ0n) is 37.8. The Hall–Kier alpha value is -4.50. The van der Waals surface area contributed by atoms with Crippen molar-refractivity contribution in [1.82, 2.24) is 25.3 Å². The van der Waals surface area contributed by atoms with Gasteiger partial charge in [-0.15, -0.1) is 0 Å². The van der Waals surface area contributed by atoms with Gasteiger partial charge in [0.2, 0.25) is 29.5 Å². The number of cyclic esters (lactones) is 1. The topological polar surface area (TPSA) is 195 Å². The van der Waals surface area contributed by atoms with Crippen LogP contribution in [0.3, 0.4) is 0 Å². The molecular weight excluding hydrogens is 771 g/mol. The van der Waals surface area contributed by atoms with E-state index in [-0.39, 0.29) is 36.2 Å². The molecule has 2 heterocycles. The van der Waals surface area contributed by atoms with E-state index in [4.69, 9.17) is 9.47 Å². The molecule has 0 bridgehead atoms. The first kappa shape index (κ1) is 49.9. The predicted molar refractivity (Wildman–Crippen MR) is 227 cm³/mol. The van der Waals surface area contributed by atoms with Crippen LogP contribution in [0.25, 0.3) is 0 Å². The summed E-state index contributed by atoms with van der Waals surface area (Å²) in [4.78, 5) is 88.5. The molecule has 0 aliphatic carbocycles. The fourth-order valence-electron chi connectivity index (χ4n) is 7.84. The van der Waals surface area contributed by atoms with Crippen LogP contribution in [0.2, 0.25) is 0 Å². The Morgan fingerprint density at radius 1 is 0.933 bits per heavy atom. The van der Waals surface area contributed by atoms with Gasteiger partial charge in [-0.05, 0) is 74.5 Å². The highest BCUT2D eigenvalue weighted by molar-refractivity contribution is 5.98.